The van der Waals surface area contributed by atoms with Gasteiger partial charge in [0.1, 0.15) is 17.0 Å². The second-order valence-corrected chi connectivity index (χ2v) is 7.20. The van der Waals surface area contributed by atoms with Crippen LogP contribution in [0.4, 0.5) is 5.69 Å². The van der Waals surface area contributed by atoms with E-state index in [9.17, 15) is 5.11 Å². The lowest BCUT2D eigenvalue weighted by atomic mass is 10.1. The second kappa shape index (κ2) is 7.48. The number of aromatic hydroxyl groups is 1. The van der Waals surface area contributed by atoms with E-state index in [-0.39, 0.29) is 5.75 Å². The summed E-state index contributed by atoms with van der Waals surface area (Å²) in [4.78, 5) is 9.00. The van der Waals surface area contributed by atoms with Gasteiger partial charge in [-0.2, -0.15) is 0 Å². The van der Waals surface area contributed by atoms with Crippen molar-refractivity contribution in [1.82, 2.24) is 4.98 Å². The Bertz CT molecular complexity index is 1200. The quantitative estimate of drug-likeness (QED) is 0.396. The molecule has 0 aliphatic carbocycles. The molecule has 1 aromatic heterocycles. The number of ether oxygens (including phenoxy) is 1. The number of oxazole rings is 1. The summed E-state index contributed by atoms with van der Waals surface area (Å²) in [6.07, 6.45) is 1.75. The van der Waals surface area contributed by atoms with Crippen LogP contribution in [0.5, 0.6) is 11.5 Å². The molecule has 0 unspecified atom stereocenters. The molecule has 0 amide bonds. The highest BCUT2D eigenvalue weighted by Gasteiger charge is 2.13. The predicted octanol–water partition coefficient (Wildman–Crippen LogP) is 6.03. The first-order valence-corrected chi connectivity index (χ1v) is 9.41. The number of halogens is 1. The van der Waals surface area contributed by atoms with Gasteiger partial charge in [-0.3, -0.25) is 4.99 Å². The van der Waals surface area contributed by atoms with E-state index in [1.165, 1.54) is 0 Å². The van der Waals surface area contributed by atoms with E-state index in [2.05, 4.69) is 25.9 Å². The van der Waals surface area contributed by atoms with Gasteiger partial charge in [0, 0.05) is 6.21 Å². The zero-order chi connectivity index (χ0) is 19.7. The summed E-state index contributed by atoms with van der Waals surface area (Å²) >= 11 is 3.47. The minimum Gasteiger partial charge on any atom is -0.507 e. The van der Waals surface area contributed by atoms with Crippen LogP contribution in [0.2, 0.25) is 0 Å². The van der Waals surface area contributed by atoms with Crippen LogP contribution >= 0.6 is 15.9 Å². The number of nitrogens with zero attached hydrogens (tertiary/aromatic N) is 2. The highest BCUT2D eigenvalue weighted by atomic mass is 79.9. The van der Waals surface area contributed by atoms with Gasteiger partial charge in [-0.05, 0) is 82.5 Å². The van der Waals surface area contributed by atoms with Crippen LogP contribution in [0.15, 0.2) is 68.5 Å². The number of hydrogen-bond acceptors (Lipinski definition) is 5. The van der Waals surface area contributed by atoms with Gasteiger partial charge in [-0.1, -0.05) is 6.07 Å². The summed E-state index contributed by atoms with van der Waals surface area (Å²) in [5.41, 5.74) is 4.63. The normalized spacial score (nSPS) is 11.4. The first-order chi connectivity index (χ1) is 13.5. The zero-order valence-electron chi connectivity index (χ0n) is 15.3. The van der Waals surface area contributed by atoms with E-state index in [4.69, 9.17) is 9.15 Å². The van der Waals surface area contributed by atoms with Crippen molar-refractivity contribution >= 4 is 38.9 Å². The third-order valence-corrected chi connectivity index (χ3v) is 4.91. The van der Waals surface area contributed by atoms with Gasteiger partial charge in [-0.25, -0.2) is 4.98 Å². The third-order valence-electron chi connectivity index (χ3n) is 4.29. The molecule has 0 radical (unpaired) electrons. The van der Waals surface area contributed by atoms with Crippen molar-refractivity contribution in [2.45, 2.75) is 6.92 Å². The van der Waals surface area contributed by atoms with Crippen LogP contribution < -0.4 is 4.74 Å². The van der Waals surface area contributed by atoms with Crippen LogP contribution in [0.3, 0.4) is 0 Å². The Morgan fingerprint density at radius 3 is 2.75 bits per heavy atom. The van der Waals surface area contributed by atoms with Crippen LogP contribution in [-0.2, 0) is 0 Å². The highest BCUT2D eigenvalue weighted by Crippen LogP contribution is 2.34. The minimum absolute atomic E-state index is 0.0921. The number of methoxy groups -OCH3 is 1. The smallest absolute Gasteiger partial charge is 0.231 e. The molecule has 0 fully saturated rings. The fraction of sp³-hybridized carbons (Fsp3) is 0.0909. The van der Waals surface area contributed by atoms with E-state index in [1.807, 2.05) is 43.3 Å². The van der Waals surface area contributed by atoms with Crippen molar-refractivity contribution in [2.24, 2.45) is 4.99 Å². The van der Waals surface area contributed by atoms with Crippen molar-refractivity contribution in [3.05, 3.63) is 70.2 Å². The van der Waals surface area contributed by atoms with Crippen molar-refractivity contribution in [1.29, 1.82) is 0 Å². The molecule has 0 atom stereocenters. The van der Waals surface area contributed by atoms with Gasteiger partial charge in [0.05, 0.1) is 22.8 Å². The van der Waals surface area contributed by atoms with Crippen LogP contribution in [-0.4, -0.2) is 23.4 Å². The number of aryl methyl sites for hydroxylation is 1. The topological polar surface area (TPSA) is 67.8 Å². The fourth-order valence-corrected chi connectivity index (χ4v) is 3.40. The molecular weight excluding hydrogens is 420 g/mol. The molecule has 1 heterocycles. The molecule has 0 aliphatic heterocycles. The molecule has 4 aromatic rings. The number of aliphatic imine (C=N–C) groups is 1. The lowest BCUT2D eigenvalue weighted by Gasteiger charge is -2.04. The predicted molar refractivity (Wildman–Crippen MR) is 114 cm³/mol. The molecule has 0 spiro atoms. The van der Waals surface area contributed by atoms with Crippen molar-refractivity contribution in [2.75, 3.05) is 7.11 Å². The van der Waals surface area contributed by atoms with E-state index >= 15 is 0 Å². The number of rotatable bonds is 4. The average Bonchev–Trinajstić information content (AvgIpc) is 3.10. The SMILES string of the molecule is COc1ccc(C=Nc2ccc(O)c(-c3nc4cc(C)ccc4o3)c2)cc1Br. The van der Waals surface area contributed by atoms with E-state index in [0.717, 1.165) is 26.9 Å². The number of aromatic nitrogens is 1. The Kier molecular flexibility index (Phi) is 4.88. The highest BCUT2D eigenvalue weighted by molar-refractivity contribution is 9.10. The van der Waals surface area contributed by atoms with Gasteiger partial charge < -0.3 is 14.3 Å². The Morgan fingerprint density at radius 1 is 1.11 bits per heavy atom. The minimum atomic E-state index is 0.0921. The Morgan fingerprint density at radius 2 is 1.96 bits per heavy atom. The number of fused-ring (bicyclic) bond motifs is 1. The summed E-state index contributed by atoms with van der Waals surface area (Å²) in [6.45, 7) is 2.00. The molecule has 6 heteroatoms. The number of phenols is 1. The van der Waals surface area contributed by atoms with Crippen LogP contribution in [0.25, 0.3) is 22.6 Å². The fourth-order valence-electron chi connectivity index (χ4n) is 2.84. The number of benzene rings is 3. The maximum atomic E-state index is 10.3. The van der Waals surface area contributed by atoms with Gasteiger partial charge in [0.15, 0.2) is 5.58 Å². The summed E-state index contributed by atoms with van der Waals surface area (Å²) < 4.78 is 11.9. The van der Waals surface area contributed by atoms with Crippen LogP contribution in [0.1, 0.15) is 11.1 Å². The van der Waals surface area contributed by atoms with E-state index in [1.54, 1.807) is 31.5 Å². The zero-order valence-corrected chi connectivity index (χ0v) is 16.9. The summed E-state index contributed by atoms with van der Waals surface area (Å²) in [6, 6.07) is 16.6. The summed E-state index contributed by atoms with van der Waals surface area (Å²) in [5.74, 6) is 1.21. The molecule has 0 saturated heterocycles. The summed E-state index contributed by atoms with van der Waals surface area (Å²) in [7, 11) is 1.62. The number of hydrogen-bond donors (Lipinski definition) is 1. The molecule has 4 rings (SSSR count). The van der Waals surface area contributed by atoms with Crippen molar-refractivity contribution in [3.8, 4) is 23.0 Å². The molecule has 0 aliphatic rings. The molecular formula is C22H17BrN2O3. The van der Waals surface area contributed by atoms with Crippen molar-refractivity contribution < 1.29 is 14.3 Å². The lowest BCUT2D eigenvalue weighted by Crippen LogP contribution is -1.87. The second-order valence-electron chi connectivity index (χ2n) is 6.34. The van der Waals surface area contributed by atoms with Gasteiger partial charge in [0.25, 0.3) is 0 Å². The Labute approximate surface area is 170 Å². The first kappa shape index (κ1) is 18.3. The lowest BCUT2D eigenvalue weighted by molar-refractivity contribution is 0.412. The van der Waals surface area contributed by atoms with Gasteiger partial charge >= 0.3 is 0 Å². The molecule has 5 nitrogen and oxygen atoms in total. The molecule has 3 aromatic carbocycles. The Hall–Kier alpha value is -3.12. The van der Waals surface area contributed by atoms with E-state index < -0.39 is 0 Å². The Balaban J connectivity index is 1.67. The van der Waals surface area contributed by atoms with Crippen LogP contribution in [0, 0.1) is 6.92 Å². The maximum Gasteiger partial charge on any atom is 0.231 e. The molecule has 0 saturated carbocycles. The van der Waals surface area contributed by atoms with Gasteiger partial charge in [0.2, 0.25) is 5.89 Å². The standard InChI is InChI=1S/C22H17BrN2O3/c1-13-3-7-21-18(9-13)25-22(28-21)16-11-15(5-6-19(16)26)24-12-14-4-8-20(27-2)17(23)10-14/h3-12,26H,1-2H3. The van der Waals surface area contributed by atoms with E-state index in [0.29, 0.717) is 22.7 Å². The monoisotopic (exact) mass is 436 g/mol. The number of phenolic OH excluding ortho intramolecular Hbond substituents is 1. The average molecular weight is 437 g/mol. The molecule has 140 valence electrons. The largest absolute Gasteiger partial charge is 0.507 e. The van der Waals surface area contributed by atoms with Gasteiger partial charge in [-0.15, -0.1) is 0 Å². The first-order valence-electron chi connectivity index (χ1n) is 8.62. The molecule has 1 N–H and O–H groups in total. The molecule has 28 heavy (non-hydrogen) atoms. The van der Waals surface area contributed by atoms with Crippen molar-refractivity contribution in [3.63, 3.8) is 0 Å². The maximum absolute atomic E-state index is 10.3. The summed E-state index contributed by atoms with van der Waals surface area (Å²) in [5, 5.41) is 10.3. The molecule has 0 bridgehead atoms. The third kappa shape index (κ3) is 3.64.